The van der Waals surface area contributed by atoms with Gasteiger partial charge in [-0.3, -0.25) is 0 Å². The summed E-state index contributed by atoms with van der Waals surface area (Å²) in [6.07, 6.45) is 2.99. The van der Waals surface area contributed by atoms with Crippen molar-refractivity contribution >= 4 is 40.8 Å². The van der Waals surface area contributed by atoms with Crippen LogP contribution in [0.3, 0.4) is 0 Å². The van der Waals surface area contributed by atoms with Crippen molar-refractivity contribution in [3.05, 3.63) is 104 Å². The molecule has 5 nitrogen and oxygen atoms in total. The molecule has 1 aromatic heterocycles. The van der Waals surface area contributed by atoms with Crippen LogP contribution in [0.15, 0.2) is 65.2 Å². The fraction of sp³-hybridized carbons (Fsp3) is 0.267. The summed E-state index contributed by atoms with van der Waals surface area (Å²) in [5.74, 6) is 1.05. The zero-order valence-electron chi connectivity index (χ0n) is 20.5. The molecule has 194 valence electrons. The van der Waals surface area contributed by atoms with Crippen molar-refractivity contribution in [3.8, 4) is 17.0 Å². The summed E-state index contributed by atoms with van der Waals surface area (Å²) >= 11 is 19.7. The minimum absolute atomic E-state index is 0.164. The van der Waals surface area contributed by atoms with Crippen molar-refractivity contribution < 1.29 is 19.2 Å². The minimum atomic E-state index is -0.926. The van der Waals surface area contributed by atoms with Crippen LogP contribution in [0.1, 0.15) is 70.8 Å². The molecular weight excluding hydrogens is 545 g/mol. The summed E-state index contributed by atoms with van der Waals surface area (Å²) in [5.41, 5.74) is 4.24. The molecule has 2 fully saturated rings. The fourth-order valence-corrected chi connectivity index (χ4v) is 6.11. The van der Waals surface area contributed by atoms with Crippen LogP contribution >= 0.6 is 34.8 Å². The Bertz CT molecular complexity index is 1540. The van der Waals surface area contributed by atoms with Crippen LogP contribution in [0.25, 0.3) is 11.3 Å². The Morgan fingerprint density at radius 3 is 2.47 bits per heavy atom. The van der Waals surface area contributed by atoms with E-state index in [4.69, 9.17) is 44.1 Å². The first-order valence-electron chi connectivity index (χ1n) is 12.4. The zero-order chi connectivity index (χ0) is 26.6. The SMILES string of the molecule is CC1(c2cccc(C(=O)O)c2)CC1c1ccc(OCc2c(-c3c(Cl)cccc3Cl)noc2C2CC2)cc1Cl. The monoisotopic (exact) mass is 567 g/mol. The zero-order valence-corrected chi connectivity index (χ0v) is 22.8. The number of ether oxygens (including phenoxy) is 1. The second kappa shape index (κ2) is 9.64. The third kappa shape index (κ3) is 4.57. The first-order chi connectivity index (χ1) is 18.3. The lowest BCUT2D eigenvalue weighted by Gasteiger charge is -2.15. The molecule has 38 heavy (non-hydrogen) atoms. The molecular formula is C30H24Cl3NO4. The molecule has 0 spiro atoms. The van der Waals surface area contributed by atoms with Gasteiger partial charge in [0.1, 0.15) is 23.8 Å². The molecule has 1 heterocycles. The van der Waals surface area contributed by atoms with Gasteiger partial charge in [-0.2, -0.15) is 0 Å². The van der Waals surface area contributed by atoms with Crippen LogP contribution in [0.4, 0.5) is 0 Å². The number of nitrogens with zero attached hydrogens (tertiary/aromatic N) is 1. The third-order valence-corrected chi connectivity index (χ3v) is 8.66. The summed E-state index contributed by atoms with van der Waals surface area (Å²) in [7, 11) is 0. The van der Waals surface area contributed by atoms with Gasteiger partial charge in [0.25, 0.3) is 0 Å². The van der Waals surface area contributed by atoms with Crippen LogP contribution in [0.5, 0.6) is 5.75 Å². The van der Waals surface area contributed by atoms with E-state index in [0.29, 0.717) is 43.6 Å². The predicted octanol–water partition coefficient (Wildman–Crippen LogP) is 8.90. The Labute approximate surface area is 235 Å². The highest BCUT2D eigenvalue weighted by Crippen LogP contribution is 2.61. The summed E-state index contributed by atoms with van der Waals surface area (Å²) in [6, 6.07) is 18.2. The Kier molecular flexibility index (Phi) is 6.42. The van der Waals surface area contributed by atoms with Crippen LogP contribution in [0, 0.1) is 0 Å². The van der Waals surface area contributed by atoms with Gasteiger partial charge in [0.05, 0.1) is 21.2 Å². The first-order valence-corrected chi connectivity index (χ1v) is 13.6. The molecule has 8 heteroatoms. The van der Waals surface area contributed by atoms with E-state index in [0.717, 1.165) is 41.7 Å². The molecule has 1 N–H and O–H groups in total. The molecule has 0 radical (unpaired) electrons. The molecule has 0 aliphatic heterocycles. The van der Waals surface area contributed by atoms with Crippen LogP contribution in [-0.4, -0.2) is 16.2 Å². The van der Waals surface area contributed by atoms with E-state index >= 15 is 0 Å². The van der Waals surface area contributed by atoms with Crippen LogP contribution < -0.4 is 4.74 Å². The van der Waals surface area contributed by atoms with Gasteiger partial charge in [-0.1, -0.05) is 71.1 Å². The Balaban J connectivity index is 1.23. The number of rotatable bonds is 8. The fourth-order valence-electron chi connectivity index (χ4n) is 5.23. The Morgan fingerprint density at radius 2 is 1.79 bits per heavy atom. The molecule has 2 saturated carbocycles. The normalized spacial score (nSPS) is 20.4. The molecule has 2 aliphatic carbocycles. The Morgan fingerprint density at radius 1 is 1.05 bits per heavy atom. The van der Waals surface area contributed by atoms with E-state index in [-0.39, 0.29) is 17.9 Å². The average molecular weight is 569 g/mol. The summed E-state index contributed by atoms with van der Waals surface area (Å²) < 4.78 is 11.9. The molecule has 4 aromatic rings. The molecule has 2 atom stereocenters. The maximum atomic E-state index is 11.4. The number of hydrogen-bond acceptors (Lipinski definition) is 4. The highest BCUT2D eigenvalue weighted by Gasteiger charge is 2.52. The Hall–Kier alpha value is -2.99. The second-order valence-corrected chi connectivity index (χ2v) is 11.5. The second-order valence-electron chi connectivity index (χ2n) is 10.3. The molecule has 6 rings (SSSR count). The first kappa shape index (κ1) is 25.3. The number of carboxylic acids is 1. The standard InChI is InChI=1S/C30H24Cl3NO4/c1-30(18-5-2-4-17(12-18)29(35)36)14-22(30)20-11-10-19(13-25(20)33)37-15-21-27(34-38-28(21)16-8-9-16)26-23(31)6-3-7-24(26)32/h2-7,10-13,16,22H,8-9,14-15H2,1H3,(H,35,36). The maximum absolute atomic E-state index is 11.4. The number of benzene rings is 3. The van der Waals surface area contributed by atoms with Gasteiger partial charge < -0.3 is 14.4 Å². The quantitative estimate of drug-likeness (QED) is 0.230. The van der Waals surface area contributed by atoms with E-state index < -0.39 is 5.97 Å². The van der Waals surface area contributed by atoms with E-state index in [1.807, 2.05) is 24.3 Å². The maximum Gasteiger partial charge on any atom is 0.335 e. The average Bonchev–Trinajstić information content (AvgIpc) is 3.81. The summed E-state index contributed by atoms with van der Waals surface area (Å²) in [6.45, 7) is 2.39. The van der Waals surface area contributed by atoms with Gasteiger partial charge in [-0.25, -0.2) is 4.79 Å². The van der Waals surface area contributed by atoms with E-state index in [1.165, 1.54) is 0 Å². The lowest BCUT2D eigenvalue weighted by molar-refractivity contribution is 0.0696. The van der Waals surface area contributed by atoms with Gasteiger partial charge in [-0.05, 0) is 72.7 Å². The topological polar surface area (TPSA) is 72.6 Å². The van der Waals surface area contributed by atoms with Gasteiger partial charge in [0.15, 0.2) is 0 Å². The molecule has 0 saturated heterocycles. The van der Waals surface area contributed by atoms with Crippen molar-refractivity contribution in [1.29, 1.82) is 0 Å². The highest BCUT2D eigenvalue weighted by atomic mass is 35.5. The van der Waals surface area contributed by atoms with Crippen LogP contribution in [-0.2, 0) is 12.0 Å². The predicted molar refractivity (Wildman–Crippen MR) is 148 cm³/mol. The van der Waals surface area contributed by atoms with Crippen molar-refractivity contribution in [1.82, 2.24) is 5.16 Å². The third-order valence-electron chi connectivity index (χ3n) is 7.70. The molecule has 2 aliphatic rings. The van der Waals surface area contributed by atoms with E-state index in [9.17, 15) is 9.90 Å². The number of halogens is 3. The number of carboxylic acid groups (broad SMARTS) is 1. The lowest BCUT2D eigenvalue weighted by atomic mass is 9.91. The summed E-state index contributed by atoms with van der Waals surface area (Å²) in [5, 5.41) is 15.3. The van der Waals surface area contributed by atoms with Gasteiger partial charge in [0.2, 0.25) is 0 Å². The van der Waals surface area contributed by atoms with E-state index in [1.54, 1.807) is 36.4 Å². The molecule has 0 amide bonds. The van der Waals surface area contributed by atoms with Crippen molar-refractivity contribution in [2.24, 2.45) is 0 Å². The number of aromatic carboxylic acids is 1. The number of carbonyl (C=O) groups is 1. The van der Waals surface area contributed by atoms with Crippen molar-refractivity contribution in [2.45, 2.75) is 50.0 Å². The number of aromatic nitrogens is 1. The number of hydrogen-bond donors (Lipinski definition) is 1. The largest absolute Gasteiger partial charge is 0.489 e. The van der Waals surface area contributed by atoms with E-state index in [2.05, 4.69) is 12.1 Å². The van der Waals surface area contributed by atoms with Crippen LogP contribution in [0.2, 0.25) is 15.1 Å². The van der Waals surface area contributed by atoms with Gasteiger partial charge >= 0.3 is 5.97 Å². The highest BCUT2D eigenvalue weighted by molar-refractivity contribution is 6.39. The van der Waals surface area contributed by atoms with Crippen molar-refractivity contribution in [2.75, 3.05) is 0 Å². The molecule has 3 aromatic carbocycles. The smallest absolute Gasteiger partial charge is 0.335 e. The minimum Gasteiger partial charge on any atom is -0.489 e. The van der Waals surface area contributed by atoms with Crippen molar-refractivity contribution in [3.63, 3.8) is 0 Å². The van der Waals surface area contributed by atoms with Gasteiger partial charge in [0, 0.05) is 21.9 Å². The summed E-state index contributed by atoms with van der Waals surface area (Å²) in [4.78, 5) is 11.4. The lowest BCUT2D eigenvalue weighted by Crippen LogP contribution is -2.06. The molecule has 2 unspecified atom stereocenters. The molecule has 0 bridgehead atoms. The van der Waals surface area contributed by atoms with Gasteiger partial charge in [-0.15, -0.1) is 0 Å².